The summed E-state index contributed by atoms with van der Waals surface area (Å²) in [5.41, 5.74) is 2.88. The van der Waals surface area contributed by atoms with E-state index < -0.39 is 6.67 Å². The van der Waals surface area contributed by atoms with Gasteiger partial charge in [0.15, 0.2) is 0 Å². The van der Waals surface area contributed by atoms with Gasteiger partial charge in [-0.05, 0) is 43.2 Å². The third-order valence-corrected chi connectivity index (χ3v) is 2.65. The van der Waals surface area contributed by atoms with E-state index in [0.717, 1.165) is 11.3 Å². The number of methoxy groups -OCH3 is 1. The van der Waals surface area contributed by atoms with Crippen LogP contribution in [0.3, 0.4) is 0 Å². The molecule has 19 heavy (non-hydrogen) atoms. The summed E-state index contributed by atoms with van der Waals surface area (Å²) in [5.74, 6) is 6.49. The number of halogens is 1. The highest BCUT2D eigenvalue weighted by atomic mass is 19.1. The summed E-state index contributed by atoms with van der Waals surface area (Å²) in [5, 5.41) is 0. The molecule has 0 aliphatic carbocycles. The summed E-state index contributed by atoms with van der Waals surface area (Å²) < 4.78 is 17.9. The van der Waals surface area contributed by atoms with E-state index in [9.17, 15) is 4.39 Å². The van der Waals surface area contributed by atoms with Crippen molar-refractivity contribution in [3.63, 3.8) is 0 Å². The van der Waals surface area contributed by atoms with Crippen LogP contribution in [-0.4, -0.2) is 12.1 Å². The molecule has 2 rings (SSSR count). The first-order valence-electron chi connectivity index (χ1n) is 5.91. The minimum Gasteiger partial charge on any atom is -0.496 e. The van der Waals surface area contributed by atoms with E-state index in [0.29, 0.717) is 17.0 Å². The van der Waals surface area contributed by atoms with Crippen molar-refractivity contribution in [3.8, 4) is 17.6 Å². The molecule has 1 aromatic heterocycles. The molecule has 0 unspecified atom stereocenters. The Hall–Kier alpha value is -2.34. The van der Waals surface area contributed by atoms with Crippen molar-refractivity contribution in [2.75, 3.05) is 7.11 Å². The summed E-state index contributed by atoms with van der Waals surface area (Å²) >= 11 is 0. The van der Waals surface area contributed by atoms with E-state index in [1.165, 1.54) is 7.11 Å². The third-order valence-electron chi connectivity index (χ3n) is 2.65. The Morgan fingerprint density at radius 3 is 2.74 bits per heavy atom. The summed E-state index contributed by atoms with van der Waals surface area (Å²) in [6.45, 7) is 1.35. The quantitative estimate of drug-likeness (QED) is 0.768. The molecular formula is C16H14FNO. The SMILES string of the molecule is COc1ccc(C#Cc2cccc(C)n2)cc1CF. The molecule has 0 atom stereocenters. The molecule has 2 nitrogen and oxygen atoms in total. The van der Waals surface area contributed by atoms with Gasteiger partial charge in [0.1, 0.15) is 18.1 Å². The Morgan fingerprint density at radius 2 is 2.05 bits per heavy atom. The van der Waals surface area contributed by atoms with E-state index in [1.807, 2.05) is 25.1 Å². The van der Waals surface area contributed by atoms with Crippen LogP contribution in [0.5, 0.6) is 5.75 Å². The first kappa shape index (κ1) is 13.1. The van der Waals surface area contributed by atoms with Gasteiger partial charge in [-0.25, -0.2) is 9.37 Å². The number of aromatic nitrogens is 1. The monoisotopic (exact) mass is 255 g/mol. The van der Waals surface area contributed by atoms with E-state index in [-0.39, 0.29) is 0 Å². The molecule has 2 aromatic rings. The van der Waals surface area contributed by atoms with Crippen LogP contribution in [0.25, 0.3) is 0 Å². The molecule has 1 heterocycles. The number of aryl methyl sites for hydroxylation is 1. The van der Waals surface area contributed by atoms with Crippen molar-refractivity contribution in [2.24, 2.45) is 0 Å². The number of hydrogen-bond acceptors (Lipinski definition) is 2. The normalized spacial score (nSPS) is 9.63. The Bertz CT molecular complexity index is 641. The molecule has 0 N–H and O–H groups in total. The van der Waals surface area contributed by atoms with Gasteiger partial charge in [-0.2, -0.15) is 0 Å². The molecule has 3 heteroatoms. The number of ether oxygens (including phenoxy) is 1. The van der Waals surface area contributed by atoms with Crippen molar-refractivity contribution < 1.29 is 9.13 Å². The maximum Gasteiger partial charge on any atom is 0.124 e. The third kappa shape index (κ3) is 3.32. The van der Waals surface area contributed by atoms with Gasteiger partial charge in [-0.3, -0.25) is 0 Å². The summed E-state index contributed by atoms with van der Waals surface area (Å²) in [4.78, 5) is 4.29. The molecule has 0 fully saturated rings. The Balaban J connectivity index is 2.29. The van der Waals surface area contributed by atoms with Gasteiger partial charge in [-0.15, -0.1) is 0 Å². The van der Waals surface area contributed by atoms with Gasteiger partial charge >= 0.3 is 0 Å². The Labute approximate surface area is 112 Å². The zero-order chi connectivity index (χ0) is 13.7. The molecule has 0 amide bonds. The summed E-state index contributed by atoms with van der Waals surface area (Å²) in [6.07, 6.45) is 0. The Morgan fingerprint density at radius 1 is 1.21 bits per heavy atom. The first-order valence-corrected chi connectivity index (χ1v) is 5.91. The van der Waals surface area contributed by atoms with Crippen LogP contribution in [-0.2, 0) is 6.67 Å². The van der Waals surface area contributed by atoms with Crippen molar-refractivity contribution in [1.29, 1.82) is 0 Å². The minimum atomic E-state index is -0.568. The van der Waals surface area contributed by atoms with E-state index in [1.54, 1.807) is 18.2 Å². The molecular weight excluding hydrogens is 241 g/mol. The average Bonchev–Trinajstić information content (AvgIpc) is 2.45. The number of alkyl halides is 1. The second-order valence-corrected chi connectivity index (χ2v) is 4.07. The van der Waals surface area contributed by atoms with E-state index in [2.05, 4.69) is 16.8 Å². The fourth-order valence-electron chi connectivity index (χ4n) is 1.71. The summed E-state index contributed by atoms with van der Waals surface area (Å²) in [7, 11) is 1.52. The van der Waals surface area contributed by atoms with E-state index in [4.69, 9.17) is 4.74 Å². The predicted octanol–water partition coefficient (Wildman–Crippen LogP) is 3.27. The van der Waals surface area contributed by atoms with Crippen molar-refractivity contribution in [2.45, 2.75) is 13.6 Å². The number of nitrogens with zero attached hydrogens (tertiary/aromatic N) is 1. The van der Waals surface area contributed by atoms with Crippen LogP contribution < -0.4 is 4.74 Å². The second-order valence-electron chi connectivity index (χ2n) is 4.07. The summed E-state index contributed by atoms with van der Waals surface area (Å²) in [6, 6.07) is 10.9. The smallest absolute Gasteiger partial charge is 0.124 e. The van der Waals surface area contributed by atoms with Gasteiger partial charge in [0.05, 0.1) is 7.11 Å². The van der Waals surface area contributed by atoms with Crippen molar-refractivity contribution >= 4 is 0 Å². The highest BCUT2D eigenvalue weighted by Gasteiger charge is 2.02. The molecule has 0 saturated heterocycles. The molecule has 0 saturated carbocycles. The molecule has 0 bridgehead atoms. The largest absolute Gasteiger partial charge is 0.496 e. The number of rotatable bonds is 2. The molecule has 0 aliphatic rings. The van der Waals surface area contributed by atoms with Gasteiger partial charge in [-0.1, -0.05) is 12.0 Å². The average molecular weight is 255 g/mol. The highest BCUT2D eigenvalue weighted by Crippen LogP contribution is 2.20. The van der Waals surface area contributed by atoms with Crippen LogP contribution in [0, 0.1) is 18.8 Å². The number of pyridine rings is 1. The Kier molecular flexibility index (Phi) is 4.15. The molecule has 1 aromatic carbocycles. The van der Waals surface area contributed by atoms with Crippen LogP contribution in [0.2, 0.25) is 0 Å². The predicted molar refractivity (Wildman–Crippen MR) is 72.8 cm³/mol. The van der Waals surface area contributed by atoms with Gasteiger partial charge in [0.2, 0.25) is 0 Å². The molecule has 96 valence electrons. The lowest BCUT2D eigenvalue weighted by Crippen LogP contribution is -1.91. The van der Waals surface area contributed by atoms with Gasteiger partial charge in [0.25, 0.3) is 0 Å². The second kappa shape index (κ2) is 6.01. The number of hydrogen-bond donors (Lipinski definition) is 0. The van der Waals surface area contributed by atoms with Crippen molar-refractivity contribution in [3.05, 3.63) is 58.9 Å². The van der Waals surface area contributed by atoms with Gasteiger partial charge < -0.3 is 4.74 Å². The van der Waals surface area contributed by atoms with E-state index >= 15 is 0 Å². The fraction of sp³-hybridized carbons (Fsp3) is 0.188. The molecule has 0 radical (unpaired) electrons. The topological polar surface area (TPSA) is 22.1 Å². The van der Waals surface area contributed by atoms with Crippen LogP contribution in [0.15, 0.2) is 36.4 Å². The standard InChI is InChI=1S/C16H14FNO/c1-12-4-3-5-15(18-12)8-6-13-7-9-16(19-2)14(10-13)11-17/h3-5,7,9-10H,11H2,1-2H3. The maximum atomic E-state index is 12.8. The minimum absolute atomic E-state index is 0.506. The van der Waals surface area contributed by atoms with Gasteiger partial charge in [0, 0.05) is 16.8 Å². The fourth-order valence-corrected chi connectivity index (χ4v) is 1.71. The highest BCUT2D eigenvalue weighted by molar-refractivity contribution is 5.46. The van der Waals surface area contributed by atoms with Crippen LogP contribution in [0.4, 0.5) is 4.39 Å². The lowest BCUT2D eigenvalue weighted by Gasteiger charge is -2.04. The van der Waals surface area contributed by atoms with Crippen molar-refractivity contribution in [1.82, 2.24) is 4.98 Å². The molecule has 0 spiro atoms. The zero-order valence-electron chi connectivity index (χ0n) is 10.9. The lowest BCUT2D eigenvalue weighted by molar-refractivity contribution is 0.394. The van der Waals surface area contributed by atoms with Crippen LogP contribution in [0.1, 0.15) is 22.5 Å². The van der Waals surface area contributed by atoms with Crippen LogP contribution >= 0.6 is 0 Å². The first-order chi connectivity index (χ1) is 9.22. The number of benzene rings is 1. The molecule has 0 aliphatic heterocycles. The zero-order valence-corrected chi connectivity index (χ0v) is 10.9. The lowest BCUT2D eigenvalue weighted by atomic mass is 10.1. The maximum absolute atomic E-state index is 12.8.